The number of likely N-dealkylation sites (tertiary alicyclic amines) is 1. The molecule has 6 nitrogen and oxygen atoms in total. The molecule has 2 N–H and O–H groups in total. The van der Waals surface area contributed by atoms with Crippen molar-refractivity contribution < 1.29 is 18.8 Å². The smallest absolute Gasteiger partial charge is 0.251 e. The average molecular weight is 474 g/mol. The molecular weight excluding hydrogens is 445 g/mol. The van der Waals surface area contributed by atoms with Crippen molar-refractivity contribution in [2.45, 2.75) is 25.3 Å². The molecule has 1 aliphatic heterocycles. The predicted molar refractivity (Wildman–Crippen MR) is 132 cm³/mol. The van der Waals surface area contributed by atoms with Gasteiger partial charge in [-0.1, -0.05) is 48.5 Å². The van der Waals surface area contributed by atoms with Gasteiger partial charge in [0.2, 0.25) is 11.8 Å². The topological polar surface area (TPSA) is 78.5 Å². The number of nitrogens with one attached hydrogen (secondary N) is 2. The van der Waals surface area contributed by atoms with Gasteiger partial charge in [-0.15, -0.1) is 0 Å². The molecule has 1 fully saturated rings. The highest BCUT2D eigenvalue weighted by Gasteiger charge is 2.34. The summed E-state index contributed by atoms with van der Waals surface area (Å²) in [6.07, 6.45) is 1.50. The van der Waals surface area contributed by atoms with Gasteiger partial charge in [-0.2, -0.15) is 0 Å². The highest BCUT2D eigenvalue weighted by molar-refractivity contribution is 6.01. The summed E-state index contributed by atoms with van der Waals surface area (Å²) < 4.78 is 13.3. The third-order valence-electron chi connectivity index (χ3n) is 6.28. The zero-order valence-electron chi connectivity index (χ0n) is 19.3. The minimum Gasteiger partial charge on any atom is -0.342 e. The molecule has 180 valence electrons. The molecule has 4 rings (SSSR count). The fourth-order valence-corrected chi connectivity index (χ4v) is 4.33. The molecule has 3 aromatic carbocycles. The number of para-hydroxylation sites is 1. The molecule has 7 heteroatoms. The highest BCUT2D eigenvalue weighted by atomic mass is 19.1. The van der Waals surface area contributed by atoms with Gasteiger partial charge in [0, 0.05) is 24.3 Å². The maximum atomic E-state index is 13.3. The number of carbonyl (C=O) groups excluding carboxylic acids is 3. The Kier molecular flexibility index (Phi) is 7.88. The van der Waals surface area contributed by atoms with Crippen molar-refractivity contribution >= 4 is 23.4 Å². The lowest BCUT2D eigenvalue weighted by Crippen LogP contribution is -2.52. The van der Waals surface area contributed by atoms with Gasteiger partial charge >= 0.3 is 0 Å². The Morgan fingerprint density at radius 3 is 2.09 bits per heavy atom. The van der Waals surface area contributed by atoms with E-state index in [-0.39, 0.29) is 23.3 Å². The van der Waals surface area contributed by atoms with Crippen LogP contribution in [0.25, 0.3) is 0 Å². The van der Waals surface area contributed by atoms with Gasteiger partial charge < -0.3 is 15.5 Å². The number of piperidine rings is 1. The molecule has 0 bridgehead atoms. The lowest BCUT2D eigenvalue weighted by atomic mass is 9.88. The Hall–Kier alpha value is -4.00. The van der Waals surface area contributed by atoms with Crippen molar-refractivity contribution in [2.75, 3.05) is 18.4 Å². The maximum Gasteiger partial charge on any atom is 0.251 e. The summed E-state index contributed by atoms with van der Waals surface area (Å²) in [4.78, 5) is 40.7. The first-order valence-corrected chi connectivity index (χ1v) is 11.7. The standard InChI is InChI=1S/C28H28FN3O3/c29-23-13-11-22(12-14-23)27(34)31-26(28(35)30-24-9-5-2-6-10-24)21-15-17-32(18-16-21)25(33)19-20-7-3-1-4-8-20/h1-14,21,26H,15-19H2,(H,30,35)(H,31,34). The van der Waals surface area contributed by atoms with Crippen LogP contribution in [-0.2, 0) is 16.0 Å². The normalized spacial score (nSPS) is 14.7. The van der Waals surface area contributed by atoms with Crippen LogP contribution in [-0.4, -0.2) is 41.8 Å². The van der Waals surface area contributed by atoms with Crippen molar-refractivity contribution in [3.05, 3.63) is 102 Å². The third kappa shape index (κ3) is 6.53. The fraction of sp³-hybridized carbons (Fsp3) is 0.250. The quantitative estimate of drug-likeness (QED) is 0.544. The first-order valence-electron chi connectivity index (χ1n) is 11.7. The molecule has 0 spiro atoms. The molecule has 35 heavy (non-hydrogen) atoms. The summed E-state index contributed by atoms with van der Waals surface area (Å²) in [5.41, 5.74) is 1.87. The number of amides is 3. The summed E-state index contributed by atoms with van der Waals surface area (Å²) >= 11 is 0. The molecule has 1 atom stereocenters. The number of benzene rings is 3. The lowest BCUT2D eigenvalue weighted by Gasteiger charge is -2.36. The molecular formula is C28H28FN3O3. The number of rotatable bonds is 7. The molecule has 0 aliphatic carbocycles. The monoisotopic (exact) mass is 473 g/mol. The van der Waals surface area contributed by atoms with E-state index in [1.54, 1.807) is 12.1 Å². The Labute approximate surface area is 204 Å². The van der Waals surface area contributed by atoms with Crippen LogP contribution < -0.4 is 10.6 Å². The molecule has 0 aromatic heterocycles. The molecule has 3 amide bonds. The van der Waals surface area contributed by atoms with E-state index in [0.29, 0.717) is 38.0 Å². The minimum absolute atomic E-state index is 0.0512. The summed E-state index contributed by atoms with van der Waals surface area (Å²) in [5.74, 6) is -1.30. The first kappa shape index (κ1) is 24.1. The van der Waals surface area contributed by atoms with Crippen LogP contribution >= 0.6 is 0 Å². The number of nitrogens with zero attached hydrogens (tertiary/aromatic N) is 1. The minimum atomic E-state index is -0.792. The van der Waals surface area contributed by atoms with E-state index in [9.17, 15) is 18.8 Å². The van der Waals surface area contributed by atoms with Gasteiger partial charge in [0.15, 0.2) is 0 Å². The second kappa shape index (κ2) is 11.4. The van der Waals surface area contributed by atoms with Crippen molar-refractivity contribution in [3.8, 4) is 0 Å². The number of halogens is 1. The largest absolute Gasteiger partial charge is 0.342 e. The molecule has 3 aromatic rings. The van der Waals surface area contributed by atoms with Gasteiger partial charge in [-0.25, -0.2) is 4.39 Å². The fourth-order valence-electron chi connectivity index (χ4n) is 4.33. The number of hydrogen-bond donors (Lipinski definition) is 2. The van der Waals surface area contributed by atoms with Crippen molar-refractivity contribution in [1.82, 2.24) is 10.2 Å². The molecule has 1 unspecified atom stereocenters. The van der Waals surface area contributed by atoms with Gasteiger partial charge in [0.05, 0.1) is 6.42 Å². The van der Waals surface area contributed by atoms with E-state index >= 15 is 0 Å². The van der Waals surface area contributed by atoms with E-state index in [4.69, 9.17) is 0 Å². The van der Waals surface area contributed by atoms with Gasteiger partial charge in [0.1, 0.15) is 11.9 Å². The van der Waals surface area contributed by atoms with Crippen LogP contribution in [0.15, 0.2) is 84.9 Å². The third-order valence-corrected chi connectivity index (χ3v) is 6.28. The lowest BCUT2D eigenvalue weighted by molar-refractivity contribution is -0.132. The summed E-state index contributed by atoms with van der Waals surface area (Å²) in [6, 6.07) is 23.1. The summed E-state index contributed by atoms with van der Waals surface area (Å²) in [7, 11) is 0. The molecule has 0 radical (unpaired) electrons. The first-order chi connectivity index (χ1) is 17.0. The van der Waals surface area contributed by atoms with Crippen molar-refractivity contribution in [2.24, 2.45) is 5.92 Å². The van der Waals surface area contributed by atoms with E-state index in [0.717, 1.165) is 5.56 Å². The van der Waals surface area contributed by atoms with Crippen LogP contribution in [0.1, 0.15) is 28.8 Å². The molecule has 1 aliphatic rings. The van der Waals surface area contributed by atoms with Gasteiger partial charge in [-0.3, -0.25) is 14.4 Å². The van der Waals surface area contributed by atoms with E-state index < -0.39 is 17.8 Å². The molecule has 1 saturated heterocycles. The van der Waals surface area contributed by atoms with E-state index in [2.05, 4.69) is 10.6 Å². The summed E-state index contributed by atoms with van der Waals surface area (Å²) in [6.45, 7) is 1.02. The van der Waals surface area contributed by atoms with Gasteiger partial charge in [-0.05, 0) is 60.7 Å². The zero-order chi connectivity index (χ0) is 24.6. The Morgan fingerprint density at radius 2 is 1.46 bits per heavy atom. The van der Waals surface area contributed by atoms with Crippen LogP contribution in [0.4, 0.5) is 10.1 Å². The van der Waals surface area contributed by atoms with Crippen molar-refractivity contribution in [3.63, 3.8) is 0 Å². The zero-order valence-corrected chi connectivity index (χ0v) is 19.3. The van der Waals surface area contributed by atoms with Crippen molar-refractivity contribution in [1.29, 1.82) is 0 Å². The average Bonchev–Trinajstić information content (AvgIpc) is 2.89. The van der Waals surface area contributed by atoms with E-state index in [1.807, 2.05) is 53.4 Å². The molecule has 1 heterocycles. The number of carbonyl (C=O) groups is 3. The Morgan fingerprint density at radius 1 is 0.857 bits per heavy atom. The van der Waals surface area contributed by atoms with Crippen LogP contribution in [0.3, 0.4) is 0 Å². The van der Waals surface area contributed by atoms with E-state index in [1.165, 1.54) is 24.3 Å². The highest BCUT2D eigenvalue weighted by Crippen LogP contribution is 2.23. The predicted octanol–water partition coefficient (Wildman–Crippen LogP) is 4.04. The van der Waals surface area contributed by atoms with Crippen LogP contribution in [0.2, 0.25) is 0 Å². The second-order valence-electron chi connectivity index (χ2n) is 8.69. The number of hydrogen-bond acceptors (Lipinski definition) is 3. The van der Waals surface area contributed by atoms with Crippen LogP contribution in [0.5, 0.6) is 0 Å². The van der Waals surface area contributed by atoms with Crippen LogP contribution in [0, 0.1) is 11.7 Å². The SMILES string of the molecule is O=C(NC(C(=O)Nc1ccccc1)C1CCN(C(=O)Cc2ccccc2)CC1)c1ccc(F)cc1. The van der Waals surface area contributed by atoms with Gasteiger partial charge in [0.25, 0.3) is 5.91 Å². The Bertz CT molecular complexity index is 1150. The maximum absolute atomic E-state index is 13.3. The number of anilines is 1. The molecule has 0 saturated carbocycles. The summed E-state index contributed by atoms with van der Waals surface area (Å²) in [5, 5.41) is 5.73. The second-order valence-corrected chi connectivity index (χ2v) is 8.69. The Balaban J connectivity index is 1.43.